The highest BCUT2D eigenvalue weighted by Gasteiger charge is 2.27. The van der Waals surface area contributed by atoms with Gasteiger partial charge in [-0.1, -0.05) is 36.4 Å². The zero-order chi connectivity index (χ0) is 26.2. The zero-order valence-corrected chi connectivity index (χ0v) is 22.2. The predicted octanol–water partition coefficient (Wildman–Crippen LogP) is 5.35. The Kier molecular flexibility index (Phi) is 7.01. The molecule has 0 spiro atoms. The summed E-state index contributed by atoms with van der Waals surface area (Å²) in [6, 6.07) is 18.1. The minimum Gasteiger partial charge on any atom is -0.486 e. The van der Waals surface area contributed by atoms with Gasteiger partial charge in [-0.05, 0) is 93.3 Å². The SMILES string of the molecule is Cc1nc(CCCC(C)(C)O)ccc1-c1cccc2c1CC[C@H]2Oc1ccc(C2=CC(=O)NS2=O)cc1. The van der Waals surface area contributed by atoms with Crippen LogP contribution in [0.3, 0.4) is 0 Å². The van der Waals surface area contributed by atoms with Crippen LogP contribution in [0.4, 0.5) is 0 Å². The van der Waals surface area contributed by atoms with E-state index in [2.05, 4.69) is 42.0 Å². The maximum Gasteiger partial charge on any atom is 0.257 e. The van der Waals surface area contributed by atoms with Crippen LogP contribution in [0.2, 0.25) is 0 Å². The van der Waals surface area contributed by atoms with Gasteiger partial charge in [0.15, 0.2) is 11.0 Å². The minimum atomic E-state index is -1.51. The van der Waals surface area contributed by atoms with Crippen molar-refractivity contribution in [2.24, 2.45) is 0 Å². The predicted molar refractivity (Wildman–Crippen MR) is 146 cm³/mol. The molecule has 2 atom stereocenters. The Morgan fingerprint density at radius 1 is 1.11 bits per heavy atom. The van der Waals surface area contributed by atoms with Gasteiger partial charge in [-0.3, -0.25) is 14.5 Å². The number of aryl methyl sites for hydroxylation is 2. The summed E-state index contributed by atoms with van der Waals surface area (Å²) in [5, 5.41) is 9.96. The number of nitrogens with one attached hydrogen (secondary N) is 1. The number of aliphatic hydroxyl groups is 1. The van der Waals surface area contributed by atoms with E-state index in [1.807, 2.05) is 38.1 Å². The van der Waals surface area contributed by atoms with E-state index < -0.39 is 16.6 Å². The molecular formula is C30H32N2O4S. The maximum absolute atomic E-state index is 12.0. The Morgan fingerprint density at radius 3 is 2.57 bits per heavy atom. The van der Waals surface area contributed by atoms with Crippen LogP contribution in [0.15, 0.2) is 60.7 Å². The quantitative estimate of drug-likeness (QED) is 0.421. The van der Waals surface area contributed by atoms with Crippen LogP contribution in [0.1, 0.15) is 67.3 Å². The molecule has 6 nitrogen and oxygen atoms in total. The van der Waals surface area contributed by atoms with Gasteiger partial charge in [0.05, 0.1) is 10.5 Å². The first-order valence-corrected chi connectivity index (χ1v) is 13.9. The number of ether oxygens (including phenoxy) is 1. The second-order valence-electron chi connectivity index (χ2n) is 10.4. The van der Waals surface area contributed by atoms with Crippen molar-refractivity contribution in [3.63, 3.8) is 0 Å². The molecule has 2 aromatic carbocycles. The number of carbonyl (C=O) groups excluding carboxylic acids is 1. The number of aromatic nitrogens is 1. The van der Waals surface area contributed by atoms with Crippen molar-refractivity contribution in [1.82, 2.24) is 9.71 Å². The zero-order valence-electron chi connectivity index (χ0n) is 21.4. The van der Waals surface area contributed by atoms with Gasteiger partial charge in [-0.2, -0.15) is 0 Å². The van der Waals surface area contributed by atoms with Gasteiger partial charge >= 0.3 is 0 Å². The van der Waals surface area contributed by atoms with E-state index in [0.717, 1.165) is 60.4 Å². The number of amides is 1. The van der Waals surface area contributed by atoms with Crippen molar-refractivity contribution in [2.45, 2.75) is 64.6 Å². The first-order valence-electron chi connectivity index (χ1n) is 12.7. The lowest BCUT2D eigenvalue weighted by molar-refractivity contribution is -0.114. The van der Waals surface area contributed by atoms with Gasteiger partial charge in [-0.25, -0.2) is 4.21 Å². The fraction of sp³-hybridized carbons (Fsp3) is 0.333. The average Bonchev–Trinajstić information content (AvgIpc) is 3.41. The van der Waals surface area contributed by atoms with E-state index in [4.69, 9.17) is 9.72 Å². The molecule has 2 aliphatic rings. The number of rotatable bonds is 8. The Labute approximate surface area is 220 Å². The van der Waals surface area contributed by atoms with Gasteiger partial charge in [0, 0.05) is 23.0 Å². The molecule has 7 heteroatoms. The standard InChI is InChI=1S/C30H32N2O4S/c1-19-23(14-11-21(31-19)6-5-17-30(2,3)34)24-7-4-8-26-25(24)15-16-27(26)36-22-12-9-20(10-13-22)28-18-29(33)32-37(28)35/h4,7-14,18,27,34H,5-6,15-17H2,1-3H3,(H,32,33)/t27-,37?/m1/s1. The molecule has 0 bridgehead atoms. The summed E-state index contributed by atoms with van der Waals surface area (Å²) in [5.74, 6) is 0.404. The number of benzene rings is 2. The molecule has 1 unspecified atom stereocenters. The lowest BCUT2D eigenvalue weighted by atomic mass is 9.95. The normalized spacial score (nSPS) is 18.9. The molecule has 1 aromatic heterocycles. The highest BCUT2D eigenvalue weighted by atomic mass is 32.2. The lowest BCUT2D eigenvalue weighted by Gasteiger charge is -2.17. The molecule has 1 aliphatic heterocycles. The van der Waals surface area contributed by atoms with Gasteiger partial charge < -0.3 is 9.84 Å². The van der Waals surface area contributed by atoms with E-state index >= 15 is 0 Å². The smallest absolute Gasteiger partial charge is 0.257 e. The van der Waals surface area contributed by atoms with Crippen LogP contribution in [0, 0.1) is 6.92 Å². The van der Waals surface area contributed by atoms with Crippen molar-refractivity contribution >= 4 is 21.8 Å². The Morgan fingerprint density at radius 2 is 1.89 bits per heavy atom. The Balaban J connectivity index is 1.31. The van der Waals surface area contributed by atoms with Crippen molar-refractivity contribution < 1.29 is 18.8 Å². The summed E-state index contributed by atoms with van der Waals surface area (Å²) < 4.78 is 20.8. The average molecular weight is 517 g/mol. The van der Waals surface area contributed by atoms with Gasteiger partial charge in [0.1, 0.15) is 11.9 Å². The topological polar surface area (TPSA) is 88.5 Å². The molecule has 5 rings (SSSR count). The molecule has 1 aliphatic carbocycles. The minimum absolute atomic E-state index is 0.0433. The highest BCUT2D eigenvalue weighted by Crippen LogP contribution is 2.41. The first-order chi connectivity index (χ1) is 17.7. The van der Waals surface area contributed by atoms with Crippen LogP contribution < -0.4 is 9.46 Å². The van der Waals surface area contributed by atoms with Crippen LogP contribution in [0.5, 0.6) is 5.75 Å². The van der Waals surface area contributed by atoms with E-state index in [1.165, 1.54) is 22.8 Å². The van der Waals surface area contributed by atoms with Gasteiger partial charge in [-0.15, -0.1) is 0 Å². The van der Waals surface area contributed by atoms with Crippen molar-refractivity contribution in [3.8, 4) is 16.9 Å². The first kappa shape index (κ1) is 25.4. The number of pyridine rings is 1. The molecule has 0 fully saturated rings. The van der Waals surface area contributed by atoms with Gasteiger partial charge in [0.25, 0.3) is 5.91 Å². The molecule has 37 heavy (non-hydrogen) atoms. The summed E-state index contributed by atoms with van der Waals surface area (Å²) in [6.45, 7) is 5.75. The van der Waals surface area contributed by atoms with E-state index in [1.54, 1.807) is 0 Å². The number of carbonyl (C=O) groups is 1. The second-order valence-corrected chi connectivity index (χ2v) is 11.6. The van der Waals surface area contributed by atoms with E-state index in [-0.39, 0.29) is 12.0 Å². The molecule has 0 saturated carbocycles. The summed E-state index contributed by atoms with van der Waals surface area (Å²) in [5.41, 5.74) is 7.02. The Hall–Kier alpha value is -3.29. The summed E-state index contributed by atoms with van der Waals surface area (Å²) in [4.78, 5) is 16.8. The summed E-state index contributed by atoms with van der Waals surface area (Å²) in [6.07, 6.45) is 5.66. The molecule has 0 radical (unpaired) electrons. The molecule has 0 saturated heterocycles. The largest absolute Gasteiger partial charge is 0.486 e. The third kappa shape index (κ3) is 5.68. The number of fused-ring (bicyclic) bond motifs is 1. The van der Waals surface area contributed by atoms with Crippen molar-refractivity contribution in [2.75, 3.05) is 0 Å². The third-order valence-corrected chi connectivity index (χ3v) is 8.08. The third-order valence-electron chi connectivity index (χ3n) is 6.94. The molecular weight excluding hydrogens is 484 g/mol. The number of nitrogens with zero attached hydrogens (tertiary/aromatic N) is 1. The van der Waals surface area contributed by atoms with E-state index in [9.17, 15) is 14.1 Å². The van der Waals surface area contributed by atoms with E-state index in [0.29, 0.717) is 4.91 Å². The fourth-order valence-electron chi connectivity index (χ4n) is 5.13. The van der Waals surface area contributed by atoms with Crippen molar-refractivity contribution in [3.05, 3.63) is 88.8 Å². The highest BCUT2D eigenvalue weighted by molar-refractivity contribution is 7.93. The second kappa shape index (κ2) is 10.2. The maximum atomic E-state index is 12.0. The molecule has 3 aromatic rings. The van der Waals surface area contributed by atoms with Crippen LogP contribution >= 0.6 is 0 Å². The lowest BCUT2D eigenvalue weighted by Crippen LogP contribution is -2.18. The molecule has 192 valence electrons. The molecule has 2 N–H and O–H groups in total. The summed E-state index contributed by atoms with van der Waals surface area (Å²) in [7, 11) is -1.51. The van der Waals surface area contributed by atoms with Crippen LogP contribution in [-0.4, -0.2) is 25.8 Å². The van der Waals surface area contributed by atoms with Crippen LogP contribution in [-0.2, 0) is 28.6 Å². The molecule has 2 heterocycles. The Bertz CT molecular complexity index is 1390. The van der Waals surface area contributed by atoms with Gasteiger partial charge in [0.2, 0.25) is 0 Å². The summed E-state index contributed by atoms with van der Waals surface area (Å²) >= 11 is 0. The van der Waals surface area contributed by atoms with Crippen LogP contribution in [0.25, 0.3) is 16.0 Å². The number of hydrogen-bond donors (Lipinski definition) is 2. The molecule has 1 amide bonds. The monoisotopic (exact) mass is 516 g/mol. The number of hydrogen-bond acceptors (Lipinski definition) is 5. The fourth-order valence-corrected chi connectivity index (χ4v) is 6.05. The van der Waals surface area contributed by atoms with Crippen molar-refractivity contribution in [1.29, 1.82) is 0 Å².